The van der Waals surface area contributed by atoms with Gasteiger partial charge in [0.15, 0.2) is 5.90 Å². The Bertz CT molecular complexity index is 457. The van der Waals surface area contributed by atoms with E-state index in [1.165, 1.54) is 5.56 Å². The summed E-state index contributed by atoms with van der Waals surface area (Å²) in [7, 11) is 0. The Morgan fingerprint density at radius 1 is 1.28 bits per heavy atom. The molecule has 3 nitrogen and oxygen atoms in total. The maximum absolute atomic E-state index is 9.63. The van der Waals surface area contributed by atoms with Gasteiger partial charge >= 0.3 is 0 Å². The van der Waals surface area contributed by atoms with Crippen molar-refractivity contribution in [3.05, 3.63) is 34.3 Å². The molecular formula is C14H16BrNO2. The van der Waals surface area contributed by atoms with E-state index in [1.54, 1.807) is 0 Å². The molecule has 1 aromatic rings. The van der Waals surface area contributed by atoms with Gasteiger partial charge in [0.05, 0.1) is 12.1 Å². The summed E-state index contributed by atoms with van der Waals surface area (Å²) in [5.74, 6) is 0.821. The predicted octanol–water partition coefficient (Wildman–Crippen LogP) is 2.70. The van der Waals surface area contributed by atoms with Gasteiger partial charge in [0, 0.05) is 17.3 Å². The molecule has 1 aliphatic heterocycles. The van der Waals surface area contributed by atoms with Crippen LogP contribution in [0.15, 0.2) is 33.7 Å². The van der Waals surface area contributed by atoms with Crippen molar-refractivity contribution in [3.8, 4) is 0 Å². The van der Waals surface area contributed by atoms with Crippen LogP contribution >= 0.6 is 15.9 Å². The monoisotopic (exact) mass is 309 g/mol. The van der Waals surface area contributed by atoms with E-state index in [-0.39, 0.29) is 18.2 Å². The number of hydrogen-bond donors (Lipinski definition) is 1. The van der Waals surface area contributed by atoms with Crippen molar-refractivity contribution < 1.29 is 9.84 Å². The average Bonchev–Trinajstić information content (AvgIpc) is 2.73. The molecule has 0 amide bonds. The van der Waals surface area contributed by atoms with Crippen LogP contribution in [0.4, 0.5) is 0 Å². The Balaban J connectivity index is 1.66. The second-order valence-electron chi connectivity index (χ2n) is 5.02. The first-order valence-electron chi connectivity index (χ1n) is 6.36. The molecule has 1 N–H and O–H groups in total. The zero-order valence-corrected chi connectivity index (χ0v) is 11.6. The molecular weight excluding hydrogens is 294 g/mol. The van der Waals surface area contributed by atoms with E-state index < -0.39 is 0 Å². The number of aliphatic hydroxyl groups is 1. The van der Waals surface area contributed by atoms with Crippen molar-refractivity contribution in [2.45, 2.75) is 43.9 Å². The fraction of sp³-hybridized carbons (Fsp3) is 0.500. The number of aliphatic imine (C=N–C) groups is 1. The summed E-state index contributed by atoms with van der Waals surface area (Å²) in [4.78, 5) is 4.63. The minimum atomic E-state index is -0.214. The molecule has 0 aromatic heterocycles. The number of nitrogens with zero attached hydrogens (tertiary/aromatic N) is 1. The highest BCUT2D eigenvalue weighted by molar-refractivity contribution is 9.10. The predicted molar refractivity (Wildman–Crippen MR) is 73.8 cm³/mol. The van der Waals surface area contributed by atoms with E-state index in [2.05, 4.69) is 33.1 Å². The average molecular weight is 310 g/mol. The highest BCUT2D eigenvalue weighted by Crippen LogP contribution is 2.29. The molecule has 1 fully saturated rings. The van der Waals surface area contributed by atoms with Crippen LogP contribution in [0.25, 0.3) is 0 Å². The molecule has 18 heavy (non-hydrogen) atoms. The molecule has 1 heterocycles. The third-order valence-corrected chi connectivity index (χ3v) is 4.12. The van der Waals surface area contributed by atoms with E-state index >= 15 is 0 Å². The molecule has 0 saturated heterocycles. The van der Waals surface area contributed by atoms with Crippen LogP contribution in [-0.4, -0.2) is 29.3 Å². The van der Waals surface area contributed by atoms with Crippen LogP contribution < -0.4 is 0 Å². The number of rotatable bonds is 2. The second kappa shape index (κ2) is 5.02. The number of fused-ring (bicyclic) bond motifs is 1. The number of halogens is 1. The first-order chi connectivity index (χ1) is 8.70. The van der Waals surface area contributed by atoms with E-state index in [0.717, 1.165) is 36.1 Å². The van der Waals surface area contributed by atoms with Crippen molar-refractivity contribution in [3.63, 3.8) is 0 Å². The first kappa shape index (κ1) is 12.2. The van der Waals surface area contributed by atoms with Gasteiger partial charge in [0.2, 0.25) is 0 Å². The molecule has 0 bridgehead atoms. The summed E-state index contributed by atoms with van der Waals surface area (Å²) >= 11 is 3.43. The second-order valence-corrected chi connectivity index (χ2v) is 5.93. The largest absolute Gasteiger partial charge is 0.475 e. The van der Waals surface area contributed by atoms with Crippen molar-refractivity contribution in [1.29, 1.82) is 0 Å². The van der Waals surface area contributed by atoms with Crippen molar-refractivity contribution in [1.82, 2.24) is 0 Å². The van der Waals surface area contributed by atoms with Gasteiger partial charge < -0.3 is 9.84 Å². The molecule has 4 heteroatoms. The Morgan fingerprint density at radius 3 is 2.83 bits per heavy atom. The molecule has 0 spiro atoms. The highest BCUT2D eigenvalue weighted by Gasteiger charge is 2.36. The van der Waals surface area contributed by atoms with Crippen molar-refractivity contribution in [2.75, 3.05) is 0 Å². The fourth-order valence-electron chi connectivity index (χ4n) is 2.62. The Labute approximate surface area is 115 Å². The Kier molecular flexibility index (Phi) is 3.39. The molecule has 3 atom stereocenters. The number of benzene rings is 1. The molecule has 3 unspecified atom stereocenters. The maximum Gasteiger partial charge on any atom is 0.188 e. The summed E-state index contributed by atoms with van der Waals surface area (Å²) in [6.07, 6.45) is 3.14. The third kappa shape index (κ3) is 2.59. The van der Waals surface area contributed by atoms with Gasteiger partial charge in [-0.3, -0.25) is 0 Å². The van der Waals surface area contributed by atoms with Crippen LogP contribution in [0.3, 0.4) is 0 Å². The SMILES string of the molecule is OC1CCC2N=C(Cc3ccc(Br)cc3)OC2C1. The Hall–Kier alpha value is -0.870. The van der Waals surface area contributed by atoms with Crippen LogP contribution in [0.2, 0.25) is 0 Å². The minimum absolute atomic E-state index is 0.0965. The van der Waals surface area contributed by atoms with Gasteiger partial charge in [0.1, 0.15) is 6.10 Å². The van der Waals surface area contributed by atoms with E-state index in [1.807, 2.05) is 12.1 Å². The highest BCUT2D eigenvalue weighted by atomic mass is 79.9. The van der Waals surface area contributed by atoms with Gasteiger partial charge in [-0.05, 0) is 30.5 Å². The van der Waals surface area contributed by atoms with Crippen molar-refractivity contribution in [2.24, 2.45) is 4.99 Å². The lowest BCUT2D eigenvalue weighted by atomic mass is 9.91. The summed E-state index contributed by atoms with van der Waals surface area (Å²) < 4.78 is 6.93. The third-order valence-electron chi connectivity index (χ3n) is 3.60. The fourth-order valence-corrected chi connectivity index (χ4v) is 2.89. The van der Waals surface area contributed by atoms with Crippen molar-refractivity contribution >= 4 is 21.8 Å². The summed E-state index contributed by atoms with van der Waals surface area (Å²) in [6, 6.07) is 8.47. The molecule has 1 aliphatic carbocycles. The van der Waals surface area contributed by atoms with Gasteiger partial charge in [0.25, 0.3) is 0 Å². The summed E-state index contributed by atoms with van der Waals surface area (Å²) in [5.41, 5.74) is 1.20. The summed E-state index contributed by atoms with van der Waals surface area (Å²) in [5, 5.41) is 9.63. The number of hydrogen-bond acceptors (Lipinski definition) is 3. The van der Waals surface area contributed by atoms with E-state index in [4.69, 9.17) is 4.74 Å². The van der Waals surface area contributed by atoms with Crippen LogP contribution in [-0.2, 0) is 11.2 Å². The standard InChI is InChI=1S/C14H16BrNO2/c15-10-3-1-9(2-4-10)7-14-16-12-6-5-11(17)8-13(12)18-14/h1-4,11-13,17H,5-8H2. The van der Waals surface area contributed by atoms with Gasteiger partial charge in [-0.1, -0.05) is 28.1 Å². The Morgan fingerprint density at radius 2 is 2.06 bits per heavy atom. The molecule has 1 saturated carbocycles. The van der Waals surface area contributed by atoms with Crippen LogP contribution in [0, 0.1) is 0 Å². The molecule has 0 radical (unpaired) electrons. The van der Waals surface area contributed by atoms with Crippen LogP contribution in [0.5, 0.6) is 0 Å². The van der Waals surface area contributed by atoms with Gasteiger partial charge in [-0.25, -0.2) is 4.99 Å². The lowest BCUT2D eigenvalue weighted by molar-refractivity contribution is 0.0497. The van der Waals surface area contributed by atoms with Gasteiger partial charge in [-0.15, -0.1) is 0 Å². The maximum atomic E-state index is 9.63. The zero-order chi connectivity index (χ0) is 12.5. The lowest BCUT2D eigenvalue weighted by Gasteiger charge is -2.26. The quantitative estimate of drug-likeness (QED) is 0.912. The first-order valence-corrected chi connectivity index (χ1v) is 7.16. The molecule has 2 aliphatic rings. The number of ether oxygens (including phenoxy) is 1. The zero-order valence-electron chi connectivity index (χ0n) is 10.1. The smallest absolute Gasteiger partial charge is 0.188 e. The minimum Gasteiger partial charge on any atom is -0.475 e. The lowest BCUT2D eigenvalue weighted by Crippen LogP contribution is -2.33. The summed E-state index contributed by atoms with van der Waals surface area (Å²) in [6.45, 7) is 0. The molecule has 1 aromatic carbocycles. The normalized spacial score (nSPS) is 30.6. The molecule has 96 valence electrons. The topological polar surface area (TPSA) is 41.8 Å². The number of aliphatic hydroxyl groups excluding tert-OH is 1. The van der Waals surface area contributed by atoms with E-state index in [9.17, 15) is 5.11 Å². The van der Waals surface area contributed by atoms with E-state index in [0.29, 0.717) is 0 Å². The molecule has 3 rings (SSSR count). The van der Waals surface area contributed by atoms with Crippen LogP contribution in [0.1, 0.15) is 24.8 Å². The van der Waals surface area contributed by atoms with Gasteiger partial charge in [-0.2, -0.15) is 0 Å².